The third kappa shape index (κ3) is 5.25. The summed E-state index contributed by atoms with van der Waals surface area (Å²) >= 11 is 0. The topological polar surface area (TPSA) is 35.5 Å². The summed E-state index contributed by atoms with van der Waals surface area (Å²) in [6.45, 7) is 14.6. The minimum absolute atomic E-state index is 0.432. The quantitative estimate of drug-likeness (QED) is 0.765. The van der Waals surface area contributed by atoms with E-state index in [1.54, 1.807) is 0 Å². The van der Waals surface area contributed by atoms with Crippen molar-refractivity contribution in [3.8, 4) is 0 Å². The summed E-state index contributed by atoms with van der Waals surface area (Å²) < 4.78 is 0. The largest absolute Gasteiger partial charge is 0.388 e. The van der Waals surface area contributed by atoms with E-state index in [4.69, 9.17) is 0 Å². The van der Waals surface area contributed by atoms with Crippen LogP contribution in [0.1, 0.15) is 53.9 Å². The standard InChI is InChI=1S/C15H32N2O/c1-6-14(4)7-9-17(10-8-14)12-15(5,18)11-16-13(2)3/h13,16,18H,6-12H2,1-5H3. The van der Waals surface area contributed by atoms with Gasteiger partial charge in [-0.05, 0) is 38.3 Å². The van der Waals surface area contributed by atoms with Crippen LogP contribution in [-0.4, -0.2) is 47.8 Å². The van der Waals surface area contributed by atoms with Crippen molar-refractivity contribution in [3.05, 3.63) is 0 Å². The van der Waals surface area contributed by atoms with E-state index < -0.39 is 5.60 Å². The zero-order valence-electron chi connectivity index (χ0n) is 12.9. The third-order valence-electron chi connectivity index (χ3n) is 4.37. The Morgan fingerprint density at radius 2 is 1.89 bits per heavy atom. The molecule has 108 valence electrons. The highest BCUT2D eigenvalue weighted by Gasteiger charge is 2.31. The Balaban J connectivity index is 2.35. The minimum atomic E-state index is -0.621. The Bertz CT molecular complexity index is 243. The second kappa shape index (κ2) is 6.36. The molecule has 0 aromatic heterocycles. The molecule has 18 heavy (non-hydrogen) atoms. The van der Waals surface area contributed by atoms with Crippen LogP contribution in [-0.2, 0) is 0 Å². The van der Waals surface area contributed by atoms with Gasteiger partial charge in [-0.1, -0.05) is 34.1 Å². The van der Waals surface area contributed by atoms with Gasteiger partial charge < -0.3 is 15.3 Å². The maximum absolute atomic E-state index is 10.4. The van der Waals surface area contributed by atoms with E-state index in [-0.39, 0.29) is 0 Å². The van der Waals surface area contributed by atoms with Gasteiger partial charge in [-0.3, -0.25) is 0 Å². The first-order valence-corrected chi connectivity index (χ1v) is 7.44. The van der Waals surface area contributed by atoms with Crippen LogP contribution in [0.3, 0.4) is 0 Å². The minimum Gasteiger partial charge on any atom is -0.388 e. The summed E-state index contributed by atoms with van der Waals surface area (Å²) in [5.41, 5.74) is -0.0945. The smallest absolute Gasteiger partial charge is 0.0869 e. The summed E-state index contributed by atoms with van der Waals surface area (Å²) in [5, 5.41) is 13.7. The summed E-state index contributed by atoms with van der Waals surface area (Å²) in [7, 11) is 0. The lowest BCUT2D eigenvalue weighted by atomic mass is 9.78. The highest BCUT2D eigenvalue weighted by molar-refractivity contribution is 4.86. The number of hydrogen-bond acceptors (Lipinski definition) is 3. The van der Waals surface area contributed by atoms with Gasteiger partial charge in [0, 0.05) is 19.1 Å². The highest BCUT2D eigenvalue weighted by atomic mass is 16.3. The molecule has 0 spiro atoms. The van der Waals surface area contributed by atoms with Crippen LogP contribution in [0.15, 0.2) is 0 Å². The molecule has 0 aromatic rings. The Labute approximate surface area is 113 Å². The monoisotopic (exact) mass is 256 g/mol. The number of nitrogens with zero attached hydrogens (tertiary/aromatic N) is 1. The molecule has 1 unspecified atom stereocenters. The predicted octanol–water partition coefficient (Wildman–Crippen LogP) is 2.25. The molecule has 3 heteroatoms. The van der Waals surface area contributed by atoms with Gasteiger partial charge in [0.1, 0.15) is 0 Å². The van der Waals surface area contributed by atoms with Gasteiger partial charge in [0.2, 0.25) is 0 Å². The van der Waals surface area contributed by atoms with Crippen molar-refractivity contribution in [2.75, 3.05) is 26.2 Å². The molecule has 0 bridgehead atoms. The summed E-state index contributed by atoms with van der Waals surface area (Å²) in [6, 6.07) is 0.432. The van der Waals surface area contributed by atoms with Crippen molar-refractivity contribution in [2.45, 2.75) is 65.5 Å². The number of piperidine rings is 1. The molecule has 0 aromatic carbocycles. The molecule has 3 nitrogen and oxygen atoms in total. The number of hydrogen-bond donors (Lipinski definition) is 2. The van der Waals surface area contributed by atoms with Crippen LogP contribution in [0.25, 0.3) is 0 Å². The molecule has 0 amide bonds. The van der Waals surface area contributed by atoms with Gasteiger partial charge in [-0.15, -0.1) is 0 Å². The molecule has 0 saturated carbocycles. The number of rotatable bonds is 6. The molecule has 0 aliphatic carbocycles. The molecular weight excluding hydrogens is 224 g/mol. The maximum Gasteiger partial charge on any atom is 0.0869 e. The lowest BCUT2D eigenvalue weighted by molar-refractivity contribution is -0.000867. The van der Waals surface area contributed by atoms with Crippen molar-refractivity contribution in [3.63, 3.8) is 0 Å². The van der Waals surface area contributed by atoms with E-state index in [9.17, 15) is 5.11 Å². The number of aliphatic hydroxyl groups is 1. The molecule has 1 fully saturated rings. The Morgan fingerprint density at radius 1 is 1.33 bits per heavy atom. The fourth-order valence-electron chi connectivity index (χ4n) is 2.57. The fraction of sp³-hybridized carbons (Fsp3) is 1.00. The van der Waals surface area contributed by atoms with E-state index in [1.165, 1.54) is 19.3 Å². The Kier molecular flexibility index (Phi) is 5.63. The van der Waals surface area contributed by atoms with E-state index in [0.717, 1.165) is 19.6 Å². The molecule has 1 saturated heterocycles. The average Bonchev–Trinajstić information content (AvgIpc) is 2.30. The molecule has 2 N–H and O–H groups in total. The second-order valence-electron chi connectivity index (χ2n) is 6.97. The van der Waals surface area contributed by atoms with Crippen LogP contribution in [0.2, 0.25) is 0 Å². The summed E-state index contributed by atoms with van der Waals surface area (Å²) in [4.78, 5) is 2.42. The predicted molar refractivity (Wildman–Crippen MR) is 77.8 cm³/mol. The third-order valence-corrected chi connectivity index (χ3v) is 4.37. The van der Waals surface area contributed by atoms with Gasteiger partial charge in [-0.25, -0.2) is 0 Å². The first-order valence-electron chi connectivity index (χ1n) is 7.44. The SMILES string of the molecule is CCC1(C)CCN(CC(C)(O)CNC(C)C)CC1. The molecule has 1 rings (SSSR count). The first kappa shape index (κ1) is 15.9. The van der Waals surface area contributed by atoms with Crippen molar-refractivity contribution in [1.29, 1.82) is 0 Å². The van der Waals surface area contributed by atoms with Gasteiger partial charge >= 0.3 is 0 Å². The van der Waals surface area contributed by atoms with E-state index in [2.05, 4.69) is 37.9 Å². The molecule has 1 heterocycles. The lowest BCUT2D eigenvalue weighted by Gasteiger charge is -2.41. The molecule has 1 aliphatic heterocycles. The highest BCUT2D eigenvalue weighted by Crippen LogP contribution is 2.34. The molecular formula is C15H32N2O. The van der Waals surface area contributed by atoms with Crippen LogP contribution in [0.4, 0.5) is 0 Å². The first-order chi connectivity index (χ1) is 8.26. The number of nitrogens with one attached hydrogen (secondary N) is 1. The van der Waals surface area contributed by atoms with Gasteiger partial charge in [-0.2, -0.15) is 0 Å². The maximum atomic E-state index is 10.4. The van der Waals surface area contributed by atoms with Crippen molar-refractivity contribution >= 4 is 0 Å². The number of β-amino-alcohol motifs (C(OH)–C–C–N with tert-alkyl or cyclic N) is 1. The van der Waals surface area contributed by atoms with Crippen molar-refractivity contribution in [1.82, 2.24) is 10.2 Å². The van der Waals surface area contributed by atoms with Crippen LogP contribution in [0, 0.1) is 5.41 Å². The normalized spacial score (nSPS) is 24.2. The fourth-order valence-corrected chi connectivity index (χ4v) is 2.57. The van der Waals surface area contributed by atoms with E-state index in [0.29, 0.717) is 18.0 Å². The van der Waals surface area contributed by atoms with Crippen LogP contribution in [0.5, 0.6) is 0 Å². The van der Waals surface area contributed by atoms with E-state index in [1.807, 2.05) is 6.92 Å². The average molecular weight is 256 g/mol. The summed E-state index contributed by atoms with van der Waals surface area (Å²) in [6.07, 6.45) is 3.79. The molecule has 1 atom stereocenters. The lowest BCUT2D eigenvalue weighted by Crippen LogP contribution is -2.51. The van der Waals surface area contributed by atoms with Crippen LogP contribution >= 0.6 is 0 Å². The van der Waals surface area contributed by atoms with Gasteiger partial charge in [0.15, 0.2) is 0 Å². The second-order valence-corrected chi connectivity index (χ2v) is 6.97. The van der Waals surface area contributed by atoms with Crippen molar-refractivity contribution < 1.29 is 5.11 Å². The zero-order chi connectivity index (χ0) is 13.8. The van der Waals surface area contributed by atoms with Crippen molar-refractivity contribution in [2.24, 2.45) is 5.41 Å². The molecule has 0 radical (unpaired) electrons. The van der Waals surface area contributed by atoms with Gasteiger partial charge in [0.25, 0.3) is 0 Å². The molecule has 1 aliphatic rings. The van der Waals surface area contributed by atoms with Gasteiger partial charge in [0.05, 0.1) is 5.60 Å². The van der Waals surface area contributed by atoms with E-state index >= 15 is 0 Å². The zero-order valence-corrected chi connectivity index (χ0v) is 12.9. The Morgan fingerprint density at radius 3 is 2.33 bits per heavy atom. The summed E-state index contributed by atoms with van der Waals surface area (Å²) in [5.74, 6) is 0. The Hall–Kier alpha value is -0.120. The van der Waals surface area contributed by atoms with Crippen LogP contribution < -0.4 is 5.32 Å². The number of likely N-dealkylation sites (tertiary alicyclic amines) is 1.